The lowest BCUT2D eigenvalue weighted by molar-refractivity contribution is -0.0434. The van der Waals surface area contributed by atoms with Crippen molar-refractivity contribution in [1.29, 1.82) is 0 Å². The molecule has 0 saturated carbocycles. The maximum atomic E-state index is 12.8. The van der Waals surface area contributed by atoms with Crippen molar-refractivity contribution >= 4 is 18.2 Å². The second kappa shape index (κ2) is 10.8. The molecule has 1 unspecified atom stereocenters. The third kappa shape index (κ3) is 5.73. The van der Waals surface area contributed by atoms with Crippen molar-refractivity contribution in [2.75, 3.05) is 12.4 Å². The van der Waals surface area contributed by atoms with Crippen LogP contribution in [0.15, 0.2) is 43.7 Å². The summed E-state index contributed by atoms with van der Waals surface area (Å²) in [4.78, 5) is 61.1. The highest BCUT2D eigenvalue weighted by Crippen LogP contribution is 2.58. The highest BCUT2D eigenvalue weighted by Gasteiger charge is 2.49. The van der Waals surface area contributed by atoms with Gasteiger partial charge in [-0.3, -0.25) is 33.2 Å². The first kappa shape index (κ1) is 27.6. The van der Waals surface area contributed by atoms with Gasteiger partial charge in [0.2, 0.25) is 0 Å². The van der Waals surface area contributed by atoms with E-state index < -0.39 is 84.9 Å². The van der Waals surface area contributed by atoms with Crippen molar-refractivity contribution in [3.63, 3.8) is 0 Å². The number of hydrogen-bond donors (Lipinski definition) is 7. The van der Waals surface area contributed by atoms with Gasteiger partial charge in [-0.1, -0.05) is 0 Å². The van der Waals surface area contributed by atoms with Crippen molar-refractivity contribution < 1.29 is 38.8 Å². The molecule has 2 fully saturated rings. The van der Waals surface area contributed by atoms with Gasteiger partial charge in [0.1, 0.15) is 24.4 Å². The quantitative estimate of drug-likeness (QED) is 0.151. The first-order valence-electron chi connectivity index (χ1n) is 10.7. The van der Waals surface area contributed by atoms with Gasteiger partial charge >= 0.3 is 18.2 Å². The molecule has 37 heavy (non-hydrogen) atoms. The summed E-state index contributed by atoms with van der Waals surface area (Å²) >= 11 is 0.328. The molecule has 19 heteroatoms. The van der Waals surface area contributed by atoms with E-state index in [1.807, 2.05) is 9.97 Å². The van der Waals surface area contributed by atoms with E-state index >= 15 is 0 Å². The lowest BCUT2D eigenvalue weighted by atomic mass is 10.1. The fourth-order valence-corrected chi connectivity index (χ4v) is 6.74. The molecule has 2 aliphatic rings. The zero-order valence-electron chi connectivity index (χ0n) is 18.7. The average Bonchev–Trinajstić information content (AvgIpc) is 3.28. The van der Waals surface area contributed by atoms with Gasteiger partial charge in [0.15, 0.2) is 12.5 Å². The number of hydrogen-bond acceptors (Lipinski definition) is 13. The molecule has 8 N–H and O–H groups in total. The molecule has 17 nitrogen and oxygen atoms in total. The van der Waals surface area contributed by atoms with Crippen LogP contribution in [0.3, 0.4) is 0 Å². The largest absolute Gasteiger partial charge is 0.394 e. The number of nitrogens with two attached hydrogens (primary N) is 1. The minimum atomic E-state index is -4.56. The Kier molecular flexibility index (Phi) is 8.05. The van der Waals surface area contributed by atoms with Crippen LogP contribution >= 0.6 is 18.2 Å². The van der Waals surface area contributed by atoms with Crippen LogP contribution < -0.4 is 28.2 Å². The number of aliphatic hydroxyl groups is 3. The fraction of sp³-hybridized carbons (Fsp3) is 0.556. The van der Waals surface area contributed by atoms with Crippen molar-refractivity contribution in [2.24, 2.45) is 5.73 Å². The summed E-state index contributed by atoms with van der Waals surface area (Å²) < 4.78 is 30.9. The molecule has 4 heterocycles. The second-order valence-electron chi connectivity index (χ2n) is 8.24. The molecule has 2 aromatic rings. The molecule has 0 bridgehead atoms. The van der Waals surface area contributed by atoms with Crippen LogP contribution in [0, 0.1) is 0 Å². The van der Waals surface area contributed by atoms with Gasteiger partial charge in [-0.2, -0.15) is 0 Å². The molecule has 0 radical (unpaired) electrons. The first-order valence-corrected chi connectivity index (χ1v) is 13.9. The molecule has 2 saturated heterocycles. The fourth-order valence-electron chi connectivity index (χ4n) is 4.00. The van der Waals surface area contributed by atoms with Crippen molar-refractivity contribution in [3.8, 4) is 0 Å². The van der Waals surface area contributed by atoms with E-state index in [-0.39, 0.29) is 5.75 Å². The summed E-state index contributed by atoms with van der Waals surface area (Å²) in [6.07, 6.45) is -7.37. The lowest BCUT2D eigenvalue weighted by Crippen LogP contribution is -2.43. The molecule has 2 aromatic heterocycles. The van der Waals surface area contributed by atoms with Gasteiger partial charge in [-0.15, -0.1) is 0 Å². The maximum absolute atomic E-state index is 12.8. The highest BCUT2D eigenvalue weighted by atomic mass is 32.7. The van der Waals surface area contributed by atoms with Gasteiger partial charge in [0, 0.05) is 30.3 Å². The Morgan fingerprint density at radius 1 is 0.973 bits per heavy atom. The summed E-state index contributed by atoms with van der Waals surface area (Å²) in [7, 11) is 0. The Hall–Kier alpha value is -2.38. The van der Waals surface area contributed by atoms with E-state index in [2.05, 4.69) is 0 Å². The topological polar surface area (TPSA) is 261 Å². The molecule has 9 atom stereocenters. The number of nitrogens with one attached hydrogen (secondary N) is 2. The molecule has 0 spiro atoms. The summed E-state index contributed by atoms with van der Waals surface area (Å²) in [5, 5.41) is 30.3. The predicted octanol–water partition coefficient (Wildman–Crippen LogP) is -3.86. The summed E-state index contributed by atoms with van der Waals surface area (Å²) in [5.41, 5.74) is 3.00. The molecule has 4 rings (SSSR count). The van der Waals surface area contributed by atoms with Gasteiger partial charge in [-0.25, -0.2) is 14.2 Å². The number of rotatable bonds is 8. The van der Waals surface area contributed by atoms with Gasteiger partial charge in [0.05, 0.1) is 18.8 Å². The van der Waals surface area contributed by atoms with Crippen LogP contribution in [0.2, 0.25) is 0 Å². The Balaban J connectivity index is 1.43. The minimum Gasteiger partial charge on any atom is -0.394 e. The predicted molar refractivity (Wildman–Crippen MR) is 125 cm³/mol. The Morgan fingerprint density at radius 2 is 1.51 bits per heavy atom. The zero-order chi connectivity index (χ0) is 27.1. The van der Waals surface area contributed by atoms with Crippen LogP contribution in [0.1, 0.15) is 12.5 Å². The highest BCUT2D eigenvalue weighted by molar-refractivity contribution is 8.54. The van der Waals surface area contributed by atoms with Crippen LogP contribution in [-0.4, -0.2) is 88.2 Å². The van der Waals surface area contributed by atoms with E-state index in [1.165, 1.54) is 0 Å². The van der Waals surface area contributed by atoms with Gasteiger partial charge in [0.25, 0.3) is 11.1 Å². The van der Waals surface area contributed by atoms with E-state index in [0.29, 0.717) is 11.4 Å². The van der Waals surface area contributed by atoms with Crippen LogP contribution in [-0.2, 0) is 18.6 Å². The second-order valence-corrected chi connectivity index (χ2v) is 12.1. The van der Waals surface area contributed by atoms with E-state index in [1.54, 1.807) is 0 Å². The van der Waals surface area contributed by atoms with Crippen molar-refractivity contribution in [1.82, 2.24) is 19.1 Å². The number of aromatic nitrogens is 4. The number of aliphatic hydroxyl groups excluding tert-OH is 3. The van der Waals surface area contributed by atoms with Gasteiger partial charge in [-0.05, 0) is 11.4 Å². The normalized spacial score (nSPS) is 33.4. The minimum absolute atomic E-state index is 0.328. The zero-order valence-corrected chi connectivity index (χ0v) is 20.4. The Bertz CT molecular complexity index is 1410. The molecule has 0 aliphatic carbocycles. The van der Waals surface area contributed by atoms with E-state index in [4.69, 9.17) is 19.7 Å². The number of ether oxygens (including phenoxy) is 2. The molecule has 0 amide bonds. The number of aromatic amines is 2. The Morgan fingerprint density at radius 3 is 2.05 bits per heavy atom. The number of nitrogens with zero attached hydrogens (tertiary/aromatic N) is 2. The van der Waals surface area contributed by atoms with Crippen LogP contribution in [0.4, 0.5) is 0 Å². The van der Waals surface area contributed by atoms with Crippen molar-refractivity contribution in [3.05, 3.63) is 66.2 Å². The third-order valence-corrected chi connectivity index (χ3v) is 8.81. The molecule has 204 valence electrons. The molecule has 0 aromatic carbocycles. The SMILES string of the molecule is N[C@@H]1[C@H](OP(=O)(O)SC[C@H]2O[C@@H](n3ccc(=O)[nH]c3=O)[C@H](O)[C@@H]2O)[C@@H](CO)O[C@H]1n1ccc(=O)[nH]c1=O. The number of H-pyrrole nitrogens is 2. The molecular weight excluding hydrogens is 541 g/mol. The monoisotopic (exact) mass is 565 g/mol. The van der Waals surface area contributed by atoms with Crippen LogP contribution in [0.5, 0.6) is 0 Å². The Labute approximate surface area is 209 Å². The first-order chi connectivity index (χ1) is 17.4. The van der Waals surface area contributed by atoms with Crippen LogP contribution in [0.25, 0.3) is 0 Å². The average molecular weight is 565 g/mol. The maximum Gasteiger partial charge on any atom is 0.387 e. The summed E-state index contributed by atoms with van der Waals surface area (Å²) in [5.74, 6) is -0.379. The molecular formula is C18H24N5O12PS. The van der Waals surface area contributed by atoms with E-state index in [9.17, 15) is 44.0 Å². The third-order valence-electron chi connectivity index (χ3n) is 5.81. The summed E-state index contributed by atoms with van der Waals surface area (Å²) in [6, 6.07) is 0.844. The smallest absolute Gasteiger partial charge is 0.387 e. The van der Waals surface area contributed by atoms with Gasteiger partial charge < -0.3 is 35.4 Å². The lowest BCUT2D eigenvalue weighted by Gasteiger charge is -2.24. The summed E-state index contributed by atoms with van der Waals surface area (Å²) in [6.45, 7) is -5.24. The standard InChI is InChI=1S/C18H24N5O12PS/c19-11-14(7(5-24)33-15(11)22-3-1-9(25)20-17(22)29)35-36(31,32)37-6-8-12(27)13(28)16(34-8)23-4-2-10(26)21-18(23)30/h1-4,7-8,11-16,24,27-28H,5-6,19H2,(H,31,32)(H,20,25,29)(H,21,26,30)/t7-,8-,11-,12-,13-,14-,15-,16-/m1/s1. The van der Waals surface area contributed by atoms with E-state index in [0.717, 1.165) is 33.7 Å². The molecule has 2 aliphatic heterocycles. The van der Waals surface area contributed by atoms with Crippen molar-refractivity contribution in [2.45, 2.75) is 49.0 Å².